The molecule has 0 atom stereocenters. The molecule has 18 heavy (non-hydrogen) atoms. The Hall–Kier alpha value is -0.250. The van der Waals surface area contributed by atoms with Crippen LogP contribution in [0.4, 0.5) is 35.1 Å². The Labute approximate surface area is 103 Å². The third-order valence-electron chi connectivity index (χ3n) is 2.20. The SMILES string of the molecule is NCCC(F)(F)C(F)(F)C(F)(F)C(F)(F)CCS. The molecule has 0 amide bonds. The summed E-state index contributed by atoms with van der Waals surface area (Å²) in [4.78, 5) is 0. The molecular formula is C8H11F8NS. The fraction of sp³-hybridized carbons (Fsp3) is 1.00. The molecule has 0 spiro atoms. The van der Waals surface area contributed by atoms with Gasteiger partial charge in [0.1, 0.15) is 0 Å². The maximum absolute atomic E-state index is 12.9. The van der Waals surface area contributed by atoms with E-state index in [1.54, 1.807) is 0 Å². The second-order valence-corrected chi connectivity index (χ2v) is 4.02. The lowest BCUT2D eigenvalue weighted by Crippen LogP contribution is -2.62. The van der Waals surface area contributed by atoms with Gasteiger partial charge in [-0.15, -0.1) is 0 Å². The van der Waals surface area contributed by atoms with E-state index in [2.05, 4.69) is 18.4 Å². The van der Waals surface area contributed by atoms with Crippen LogP contribution in [0.15, 0.2) is 0 Å². The van der Waals surface area contributed by atoms with Crippen molar-refractivity contribution in [1.29, 1.82) is 0 Å². The van der Waals surface area contributed by atoms with E-state index in [4.69, 9.17) is 0 Å². The van der Waals surface area contributed by atoms with E-state index in [9.17, 15) is 35.1 Å². The van der Waals surface area contributed by atoms with E-state index in [1.165, 1.54) is 0 Å². The van der Waals surface area contributed by atoms with E-state index in [0.29, 0.717) is 0 Å². The molecule has 1 nitrogen and oxygen atoms in total. The molecule has 2 N–H and O–H groups in total. The van der Waals surface area contributed by atoms with Crippen LogP contribution in [0.2, 0.25) is 0 Å². The molecule has 0 aromatic rings. The van der Waals surface area contributed by atoms with Crippen LogP contribution in [-0.2, 0) is 0 Å². The van der Waals surface area contributed by atoms with Gasteiger partial charge >= 0.3 is 23.7 Å². The van der Waals surface area contributed by atoms with Crippen molar-refractivity contribution in [2.24, 2.45) is 5.73 Å². The zero-order valence-corrected chi connectivity index (χ0v) is 9.77. The van der Waals surface area contributed by atoms with E-state index >= 15 is 0 Å². The number of nitrogens with two attached hydrogens (primary N) is 1. The van der Waals surface area contributed by atoms with Gasteiger partial charge < -0.3 is 5.73 Å². The largest absolute Gasteiger partial charge is 0.378 e. The molecule has 0 aliphatic carbocycles. The average molecular weight is 305 g/mol. The second-order valence-electron chi connectivity index (χ2n) is 3.57. The molecule has 0 aromatic heterocycles. The molecule has 0 aliphatic rings. The molecule has 0 aliphatic heterocycles. The third-order valence-corrected chi connectivity index (χ3v) is 2.42. The smallest absolute Gasteiger partial charge is 0.330 e. The summed E-state index contributed by atoms with van der Waals surface area (Å²) in [5.41, 5.74) is 4.56. The molecule has 0 heterocycles. The average Bonchev–Trinajstić information content (AvgIpc) is 2.16. The first kappa shape index (κ1) is 17.8. The third kappa shape index (κ3) is 2.84. The molecule has 0 aromatic carbocycles. The fourth-order valence-corrected chi connectivity index (χ4v) is 1.38. The van der Waals surface area contributed by atoms with Gasteiger partial charge in [0.25, 0.3) is 0 Å². The highest BCUT2D eigenvalue weighted by molar-refractivity contribution is 7.80. The molecule has 0 radical (unpaired) electrons. The van der Waals surface area contributed by atoms with E-state index in [-0.39, 0.29) is 0 Å². The molecule has 0 saturated heterocycles. The van der Waals surface area contributed by atoms with Crippen molar-refractivity contribution < 1.29 is 35.1 Å². The molecule has 0 rings (SSSR count). The van der Waals surface area contributed by atoms with Crippen LogP contribution in [0, 0.1) is 0 Å². The van der Waals surface area contributed by atoms with Gasteiger partial charge in [-0.2, -0.15) is 47.8 Å². The zero-order valence-electron chi connectivity index (χ0n) is 8.88. The summed E-state index contributed by atoms with van der Waals surface area (Å²) in [5.74, 6) is -23.9. The number of alkyl halides is 8. The number of rotatable bonds is 7. The molecule has 0 unspecified atom stereocenters. The van der Waals surface area contributed by atoms with Gasteiger partial charge in [-0.25, -0.2) is 0 Å². The van der Waals surface area contributed by atoms with E-state index in [1.807, 2.05) is 0 Å². The van der Waals surface area contributed by atoms with Crippen molar-refractivity contribution in [3.05, 3.63) is 0 Å². The van der Waals surface area contributed by atoms with Gasteiger partial charge in [-0.3, -0.25) is 0 Å². The number of thiol groups is 1. The van der Waals surface area contributed by atoms with Crippen molar-refractivity contribution in [1.82, 2.24) is 0 Å². The lowest BCUT2D eigenvalue weighted by Gasteiger charge is -2.36. The first-order chi connectivity index (χ1) is 7.87. The Morgan fingerprint density at radius 2 is 1.06 bits per heavy atom. The summed E-state index contributed by atoms with van der Waals surface area (Å²) >= 11 is 3.19. The van der Waals surface area contributed by atoms with Crippen molar-refractivity contribution in [3.63, 3.8) is 0 Å². The van der Waals surface area contributed by atoms with E-state index in [0.717, 1.165) is 0 Å². The van der Waals surface area contributed by atoms with Crippen LogP contribution in [-0.4, -0.2) is 36.0 Å². The number of halogens is 8. The van der Waals surface area contributed by atoms with Crippen LogP contribution >= 0.6 is 12.6 Å². The first-order valence-electron chi connectivity index (χ1n) is 4.69. The minimum absolute atomic E-state index is 0.860. The summed E-state index contributed by atoms with van der Waals surface area (Å²) in [7, 11) is 0. The quantitative estimate of drug-likeness (QED) is 0.548. The summed E-state index contributed by atoms with van der Waals surface area (Å²) in [6, 6.07) is 0. The monoisotopic (exact) mass is 305 g/mol. The van der Waals surface area contributed by atoms with Crippen molar-refractivity contribution in [3.8, 4) is 0 Å². The van der Waals surface area contributed by atoms with Gasteiger partial charge in [-0.05, 0) is 12.3 Å². The van der Waals surface area contributed by atoms with Gasteiger partial charge in [0.2, 0.25) is 0 Å². The lowest BCUT2D eigenvalue weighted by atomic mass is 9.95. The fourth-order valence-electron chi connectivity index (χ4n) is 1.10. The Balaban J connectivity index is 5.43. The predicted molar refractivity (Wildman–Crippen MR) is 51.9 cm³/mol. The highest BCUT2D eigenvalue weighted by Crippen LogP contribution is 2.54. The maximum Gasteiger partial charge on any atom is 0.378 e. The number of hydrogen-bond acceptors (Lipinski definition) is 2. The first-order valence-corrected chi connectivity index (χ1v) is 5.33. The normalized spacial score (nSPS) is 15.0. The highest BCUT2D eigenvalue weighted by Gasteiger charge is 2.79. The Kier molecular flexibility index (Phi) is 5.32. The van der Waals surface area contributed by atoms with Crippen LogP contribution in [0.3, 0.4) is 0 Å². The lowest BCUT2D eigenvalue weighted by molar-refractivity contribution is -0.366. The van der Waals surface area contributed by atoms with Crippen LogP contribution in [0.25, 0.3) is 0 Å². The molecule has 0 saturated carbocycles. The zero-order chi connectivity index (χ0) is 14.8. The molecular weight excluding hydrogens is 294 g/mol. The Morgan fingerprint density at radius 3 is 1.33 bits per heavy atom. The van der Waals surface area contributed by atoms with Crippen LogP contribution in [0.5, 0.6) is 0 Å². The van der Waals surface area contributed by atoms with Gasteiger partial charge in [0.05, 0.1) is 0 Å². The number of hydrogen-bond donors (Lipinski definition) is 2. The Morgan fingerprint density at radius 1 is 0.722 bits per heavy atom. The van der Waals surface area contributed by atoms with Gasteiger partial charge in [0.15, 0.2) is 0 Å². The van der Waals surface area contributed by atoms with Crippen molar-refractivity contribution in [2.75, 3.05) is 12.3 Å². The maximum atomic E-state index is 12.9. The summed E-state index contributed by atoms with van der Waals surface area (Å²) < 4.78 is 103. The molecule has 0 bridgehead atoms. The molecule has 0 fully saturated rings. The van der Waals surface area contributed by atoms with Crippen molar-refractivity contribution in [2.45, 2.75) is 36.5 Å². The summed E-state index contributed by atoms with van der Waals surface area (Å²) in [6.07, 6.45) is -3.58. The van der Waals surface area contributed by atoms with Gasteiger partial charge in [0, 0.05) is 12.8 Å². The van der Waals surface area contributed by atoms with Crippen LogP contribution in [0.1, 0.15) is 12.8 Å². The van der Waals surface area contributed by atoms with Crippen LogP contribution < -0.4 is 5.73 Å². The Bertz CT molecular complexity index is 252. The second kappa shape index (κ2) is 5.40. The standard InChI is InChI=1S/C8H11F8NS/c9-5(10,1-3-17)7(13,14)8(15,16)6(11,12)2-4-18/h18H,1-4,17H2. The minimum atomic E-state index is -6.20. The topological polar surface area (TPSA) is 26.0 Å². The van der Waals surface area contributed by atoms with Crippen molar-refractivity contribution >= 4 is 12.6 Å². The minimum Gasteiger partial charge on any atom is -0.330 e. The predicted octanol–water partition coefficient (Wildman–Crippen LogP) is 3.20. The highest BCUT2D eigenvalue weighted by atomic mass is 32.1. The van der Waals surface area contributed by atoms with E-state index < -0.39 is 48.8 Å². The molecule has 10 heteroatoms. The summed E-state index contributed by atoms with van der Waals surface area (Å²) in [6.45, 7) is -1.04. The molecule has 110 valence electrons. The summed E-state index contributed by atoms with van der Waals surface area (Å²) in [5, 5.41) is 0. The van der Waals surface area contributed by atoms with Gasteiger partial charge in [-0.1, -0.05) is 0 Å².